The highest BCUT2D eigenvalue weighted by Gasteiger charge is 2.38. The maximum Gasteiger partial charge on any atom is 0.490 e. The average Bonchev–Trinajstić information content (AvgIpc) is 2.36. The molecule has 0 aliphatic carbocycles. The molecule has 0 bridgehead atoms. The molecule has 0 aliphatic heterocycles. The van der Waals surface area contributed by atoms with Gasteiger partial charge in [-0.1, -0.05) is 22.0 Å². The summed E-state index contributed by atoms with van der Waals surface area (Å²) in [5, 5.41) is 10.3. The van der Waals surface area contributed by atoms with Gasteiger partial charge < -0.3 is 16.2 Å². The molecular formula is C13H12BrF3N4O2. The quantitative estimate of drug-likeness (QED) is 0.722. The summed E-state index contributed by atoms with van der Waals surface area (Å²) in [5.41, 5.74) is 7.36. The SMILES string of the molecule is Cc1cc(Nc2cccc(Br)c2)nc(N)n1.O=C(O)C(F)(F)F. The number of aryl methyl sites for hydroxylation is 1. The molecule has 0 amide bonds. The molecule has 0 aliphatic rings. The highest BCUT2D eigenvalue weighted by Crippen LogP contribution is 2.19. The number of hydrogen-bond donors (Lipinski definition) is 3. The number of benzene rings is 1. The Morgan fingerprint density at radius 1 is 1.30 bits per heavy atom. The number of aliphatic carboxylic acids is 1. The molecule has 2 rings (SSSR count). The van der Waals surface area contributed by atoms with E-state index in [1.165, 1.54) is 0 Å². The lowest BCUT2D eigenvalue weighted by Gasteiger charge is -2.06. The van der Waals surface area contributed by atoms with Gasteiger partial charge in [-0.3, -0.25) is 0 Å². The molecule has 0 saturated carbocycles. The molecule has 2 aromatic rings. The van der Waals surface area contributed by atoms with Crippen LogP contribution >= 0.6 is 15.9 Å². The Balaban J connectivity index is 0.000000322. The predicted molar refractivity (Wildman–Crippen MR) is 82.3 cm³/mol. The van der Waals surface area contributed by atoms with E-state index in [9.17, 15) is 13.2 Å². The van der Waals surface area contributed by atoms with Crippen molar-refractivity contribution < 1.29 is 23.1 Å². The first-order valence-corrected chi connectivity index (χ1v) is 6.81. The molecule has 10 heteroatoms. The minimum atomic E-state index is -5.08. The van der Waals surface area contributed by atoms with E-state index in [1.807, 2.05) is 37.3 Å². The molecule has 0 radical (unpaired) electrons. The number of hydrogen-bond acceptors (Lipinski definition) is 5. The van der Waals surface area contributed by atoms with E-state index >= 15 is 0 Å². The third kappa shape index (κ3) is 6.96. The summed E-state index contributed by atoms with van der Waals surface area (Å²) in [6, 6.07) is 9.68. The lowest BCUT2D eigenvalue weighted by Crippen LogP contribution is -2.21. The fourth-order valence-electron chi connectivity index (χ4n) is 1.37. The first-order chi connectivity index (χ1) is 10.6. The fraction of sp³-hybridized carbons (Fsp3) is 0.154. The van der Waals surface area contributed by atoms with Gasteiger partial charge in [0.1, 0.15) is 5.82 Å². The monoisotopic (exact) mass is 392 g/mol. The van der Waals surface area contributed by atoms with Crippen molar-refractivity contribution in [3.05, 3.63) is 40.5 Å². The zero-order valence-corrected chi connectivity index (χ0v) is 13.3. The summed E-state index contributed by atoms with van der Waals surface area (Å²) in [4.78, 5) is 17.0. The van der Waals surface area contributed by atoms with Crippen LogP contribution < -0.4 is 11.1 Å². The molecule has 4 N–H and O–H groups in total. The number of nitrogens with one attached hydrogen (secondary N) is 1. The van der Waals surface area contributed by atoms with E-state index in [2.05, 4.69) is 31.2 Å². The lowest BCUT2D eigenvalue weighted by atomic mass is 10.3. The number of carboxylic acids is 1. The first-order valence-electron chi connectivity index (χ1n) is 6.02. The van der Waals surface area contributed by atoms with E-state index < -0.39 is 12.1 Å². The van der Waals surface area contributed by atoms with Gasteiger partial charge in [0, 0.05) is 21.9 Å². The van der Waals surface area contributed by atoms with Crippen LogP contribution in [0, 0.1) is 6.92 Å². The van der Waals surface area contributed by atoms with Crippen molar-refractivity contribution >= 4 is 39.4 Å². The van der Waals surface area contributed by atoms with Gasteiger partial charge in [-0.15, -0.1) is 0 Å². The van der Waals surface area contributed by atoms with Crippen LogP contribution in [0.2, 0.25) is 0 Å². The molecule has 0 saturated heterocycles. The van der Waals surface area contributed by atoms with Gasteiger partial charge in [-0.2, -0.15) is 18.2 Å². The number of halogens is 4. The van der Waals surface area contributed by atoms with Gasteiger partial charge in [-0.25, -0.2) is 9.78 Å². The van der Waals surface area contributed by atoms with Crippen molar-refractivity contribution in [2.45, 2.75) is 13.1 Å². The van der Waals surface area contributed by atoms with Crippen LogP contribution in [0.5, 0.6) is 0 Å². The van der Waals surface area contributed by atoms with Gasteiger partial charge >= 0.3 is 12.1 Å². The number of anilines is 3. The Bertz CT molecular complexity index is 675. The standard InChI is InChI=1S/C11H11BrN4.C2HF3O2/c1-7-5-10(16-11(13)14-7)15-9-4-2-3-8(12)6-9;3-2(4,5)1(6)7/h2-6H,1H3,(H3,13,14,15,16);(H,6,7). The summed E-state index contributed by atoms with van der Waals surface area (Å²) in [6.45, 7) is 1.88. The predicted octanol–water partition coefficient (Wildman–Crippen LogP) is 3.51. The Hall–Kier alpha value is -2.36. The Morgan fingerprint density at radius 2 is 1.91 bits per heavy atom. The maximum absolute atomic E-state index is 10.6. The van der Waals surface area contributed by atoms with Gasteiger partial charge in [0.2, 0.25) is 5.95 Å². The summed E-state index contributed by atoms with van der Waals surface area (Å²) in [6.07, 6.45) is -5.08. The van der Waals surface area contributed by atoms with E-state index in [4.69, 9.17) is 15.6 Å². The van der Waals surface area contributed by atoms with Crippen molar-refractivity contribution in [1.82, 2.24) is 9.97 Å². The van der Waals surface area contributed by atoms with Crippen LogP contribution in [0.3, 0.4) is 0 Å². The van der Waals surface area contributed by atoms with Crippen molar-refractivity contribution in [3.63, 3.8) is 0 Å². The van der Waals surface area contributed by atoms with Crippen LogP contribution in [0.4, 0.5) is 30.6 Å². The zero-order chi connectivity index (χ0) is 17.6. The number of aromatic nitrogens is 2. The van der Waals surface area contributed by atoms with Crippen LogP contribution in [0.1, 0.15) is 5.69 Å². The van der Waals surface area contributed by atoms with Gasteiger partial charge in [-0.05, 0) is 25.1 Å². The van der Waals surface area contributed by atoms with Gasteiger partial charge in [0.15, 0.2) is 0 Å². The number of nitrogens with two attached hydrogens (primary N) is 1. The number of nitrogen functional groups attached to an aromatic ring is 1. The van der Waals surface area contributed by atoms with Crippen molar-refractivity contribution in [2.75, 3.05) is 11.1 Å². The second-order valence-electron chi connectivity index (χ2n) is 4.19. The molecule has 0 unspecified atom stereocenters. The molecule has 1 aromatic heterocycles. The van der Waals surface area contributed by atoms with E-state index in [-0.39, 0.29) is 5.95 Å². The molecule has 1 heterocycles. The fourth-order valence-corrected chi connectivity index (χ4v) is 1.77. The first kappa shape index (κ1) is 18.7. The van der Waals surface area contributed by atoms with Crippen molar-refractivity contribution in [1.29, 1.82) is 0 Å². The molecule has 124 valence electrons. The second kappa shape index (κ2) is 7.77. The molecule has 6 nitrogen and oxygen atoms in total. The van der Waals surface area contributed by atoms with Crippen LogP contribution in [-0.4, -0.2) is 27.2 Å². The summed E-state index contributed by atoms with van der Waals surface area (Å²) in [5.74, 6) is -1.78. The number of alkyl halides is 3. The molecule has 23 heavy (non-hydrogen) atoms. The van der Waals surface area contributed by atoms with E-state index in [1.54, 1.807) is 0 Å². The molecular weight excluding hydrogens is 381 g/mol. The van der Waals surface area contributed by atoms with Gasteiger partial charge in [0.05, 0.1) is 0 Å². The summed E-state index contributed by atoms with van der Waals surface area (Å²) >= 11 is 3.41. The van der Waals surface area contributed by atoms with Gasteiger partial charge in [0.25, 0.3) is 0 Å². The smallest absolute Gasteiger partial charge is 0.475 e. The lowest BCUT2D eigenvalue weighted by molar-refractivity contribution is -0.192. The number of rotatable bonds is 2. The highest BCUT2D eigenvalue weighted by atomic mass is 79.9. The van der Waals surface area contributed by atoms with Crippen LogP contribution in [0.15, 0.2) is 34.8 Å². The Kier molecular flexibility index (Phi) is 6.31. The summed E-state index contributed by atoms with van der Waals surface area (Å²) in [7, 11) is 0. The van der Waals surface area contributed by atoms with Crippen molar-refractivity contribution in [2.24, 2.45) is 0 Å². The minimum absolute atomic E-state index is 0.275. The van der Waals surface area contributed by atoms with E-state index in [0.717, 1.165) is 15.9 Å². The summed E-state index contributed by atoms with van der Waals surface area (Å²) < 4.78 is 32.7. The van der Waals surface area contributed by atoms with Crippen molar-refractivity contribution in [3.8, 4) is 0 Å². The minimum Gasteiger partial charge on any atom is -0.475 e. The third-order valence-electron chi connectivity index (χ3n) is 2.21. The van der Waals surface area contributed by atoms with Crippen LogP contribution in [-0.2, 0) is 4.79 Å². The van der Waals surface area contributed by atoms with E-state index in [0.29, 0.717) is 5.82 Å². The molecule has 0 spiro atoms. The Morgan fingerprint density at radius 3 is 2.39 bits per heavy atom. The largest absolute Gasteiger partial charge is 0.490 e. The number of carboxylic acid groups (broad SMARTS) is 1. The van der Waals surface area contributed by atoms with Crippen LogP contribution in [0.25, 0.3) is 0 Å². The second-order valence-corrected chi connectivity index (χ2v) is 5.11. The molecule has 0 fully saturated rings. The zero-order valence-electron chi connectivity index (χ0n) is 11.7. The topological polar surface area (TPSA) is 101 Å². The average molecular weight is 393 g/mol. The highest BCUT2D eigenvalue weighted by molar-refractivity contribution is 9.10. The molecule has 1 aromatic carbocycles. The number of nitrogens with zero attached hydrogens (tertiary/aromatic N) is 2. The normalized spacial score (nSPS) is 10.5. The number of carbonyl (C=O) groups is 1. The maximum atomic E-state index is 10.6. The molecule has 0 atom stereocenters. The Labute approximate surface area is 137 Å². The third-order valence-corrected chi connectivity index (χ3v) is 2.70.